The molecule has 0 aliphatic carbocycles. The van der Waals surface area contributed by atoms with E-state index in [0.717, 1.165) is 12.8 Å². The third kappa shape index (κ3) is 13.8. The van der Waals surface area contributed by atoms with Gasteiger partial charge in [0.25, 0.3) is 0 Å². The van der Waals surface area contributed by atoms with Crippen LogP contribution in [0.2, 0.25) is 0 Å². The summed E-state index contributed by atoms with van der Waals surface area (Å²) in [7, 11) is 0. The Morgan fingerprint density at radius 3 is 1.73 bits per heavy atom. The monoisotopic (exact) mass is 620 g/mol. The van der Waals surface area contributed by atoms with Gasteiger partial charge in [-0.2, -0.15) is 0 Å². The predicted octanol–water partition coefficient (Wildman–Crippen LogP) is 5.28. The maximum atomic E-state index is 12.8. The minimum Gasteiger partial charge on any atom is -0.487 e. The van der Waals surface area contributed by atoms with Crippen molar-refractivity contribution in [2.45, 2.75) is 71.1 Å². The van der Waals surface area contributed by atoms with Crippen LogP contribution in [0.25, 0.3) is 11.0 Å². The molecule has 1 aromatic carbocycles. The molecule has 0 N–H and O–H groups in total. The van der Waals surface area contributed by atoms with Crippen molar-refractivity contribution in [1.29, 1.82) is 0 Å². The minimum absolute atomic E-state index is 0.201. The summed E-state index contributed by atoms with van der Waals surface area (Å²) in [6, 6.07) is 4.60. The van der Waals surface area contributed by atoms with Crippen LogP contribution in [0.15, 0.2) is 27.4 Å². The molecule has 0 atom stereocenters. The highest BCUT2D eigenvalue weighted by atomic mass is 16.6. The van der Waals surface area contributed by atoms with Gasteiger partial charge in [-0.3, -0.25) is 9.59 Å². The molecule has 3 rings (SSSR count). The molecule has 0 spiro atoms. The van der Waals surface area contributed by atoms with E-state index in [1.807, 2.05) is 0 Å². The number of Topliss-reactive ketones (excluding diaryl/α,β-unsaturated/α-hetero) is 1. The molecule has 1 aliphatic heterocycles. The molecule has 0 saturated carbocycles. The lowest BCUT2D eigenvalue weighted by molar-refractivity contribution is -0.142. The Morgan fingerprint density at radius 2 is 1.16 bits per heavy atom. The summed E-state index contributed by atoms with van der Waals surface area (Å²) >= 11 is 0. The molecule has 1 aliphatic rings. The van der Waals surface area contributed by atoms with Crippen LogP contribution in [-0.4, -0.2) is 84.4 Å². The van der Waals surface area contributed by atoms with E-state index in [4.69, 9.17) is 37.6 Å². The number of hydrogen-bond acceptors (Lipinski definition) is 11. The number of rotatable bonds is 13. The van der Waals surface area contributed by atoms with Crippen LogP contribution >= 0.6 is 0 Å². The molecule has 44 heavy (non-hydrogen) atoms. The first kappa shape index (κ1) is 35.5. The number of benzene rings is 1. The summed E-state index contributed by atoms with van der Waals surface area (Å²) in [6.45, 7) is 5.43. The molecule has 1 aromatic heterocycles. The fraction of sp³-hybridized carbons (Fsp3) is 0.667. The van der Waals surface area contributed by atoms with Crippen molar-refractivity contribution in [3.05, 3.63) is 34.2 Å². The van der Waals surface area contributed by atoms with Crippen molar-refractivity contribution in [3.8, 4) is 11.5 Å². The van der Waals surface area contributed by atoms with Gasteiger partial charge in [0.2, 0.25) is 5.78 Å². The van der Waals surface area contributed by atoms with Crippen molar-refractivity contribution < 1.29 is 47.2 Å². The molecule has 246 valence electrons. The topological polar surface area (TPSA) is 129 Å². The number of esters is 1. The molecule has 11 nitrogen and oxygen atoms in total. The number of hydrogen-bond donors (Lipinski definition) is 0. The number of ether oxygens (including phenoxy) is 7. The fourth-order valence-electron chi connectivity index (χ4n) is 4.61. The first-order chi connectivity index (χ1) is 21.6. The summed E-state index contributed by atoms with van der Waals surface area (Å²) in [4.78, 5) is 37.6. The van der Waals surface area contributed by atoms with Crippen molar-refractivity contribution in [2.75, 3.05) is 72.7 Å². The minimum atomic E-state index is -0.822. The van der Waals surface area contributed by atoms with E-state index in [1.54, 1.807) is 12.1 Å². The molecule has 0 radical (unpaired) electrons. The average molecular weight is 621 g/mol. The summed E-state index contributed by atoms with van der Waals surface area (Å²) < 4.78 is 44.4. The standard InChI is InChI=1S/C33H48O11/c1-2-3-4-5-6-7-8-9-10-11-32(35)43-25-28(34)27-22-26-23-30-31(24-29(26)44-33(27)36)42-21-19-40-17-15-38-13-12-37-14-16-39-18-20-41-30/h22-24H,2-21,25H2,1H3. The number of unbranched alkanes of at least 4 members (excludes halogenated alkanes) is 8. The van der Waals surface area contributed by atoms with Crippen LogP contribution in [-0.2, 0) is 28.5 Å². The van der Waals surface area contributed by atoms with Gasteiger partial charge >= 0.3 is 11.6 Å². The number of ketones is 1. The Hall–Kier alpha value is -2.99. The maximum absolute atomic E-state index is 12.8. The van der Waals surface area contributed by atoms with E-state index < -0.39 is 24.0 Å². The molecule has 2 heterocycles. The van der Waals surface area contributed by atoms with Gasteiger partial charge in [-0.1, -0.05) is 58.3 Å². The summed E-state index contributed by atoms with van der Waals surface area (Å²) in [5.41, 5.74) is -0.799. The number of carbonyl (C=O) groups excluding carboxylic acids is 2. The summed E-state index contributed by atoms with van der Waals surface area (Å²) in [6.07, 6.45) is 10.5. The van der Waals surface area contributed by atoms with E-state index in [1.165, 1.54) is 44.6 Å². The lowest BCUT2D eigenvalue weighted by Crippen LogP contribution is -2.20. The highest BCUT2D eigenvalue weighted by Crippen LogP contribution is 2.32. The fourth-order valence-corrected chi connectivity index (χ4v) is 4.61. The van der Waals surface area contributed by atoms with Crippen LogP contribution in [0.4, 0.5) is 0 Å². The quantitative estimate of drug-likeness (QED) is 0.126. The van der Waals surface area contributed by atoms with Crippen molar-refractivity contribution in [3.63, 3.8) is 0 Å². The van der Waals surface area contributed by atoms with Crippen LogP contribution in [0.5, 0.6) is 11.5 Å². The normalized spacial score (nSPS) is 15.8. The Morgan fingerprint density at radius 1 is 0.659 bits per heavy atom. The summed E-state index contributed by atoms with van der Waals surface area (Å²) in [5.74, 6) is -0.337. The van der Waals surface area contributed by atoms with E-state index in [0.29, 0.717) is 76.2 Å². The van der Waals surface area contributed by atoms with Gasteiger partial charge in [-0.25, -0.2) is 4.79 Å². The molecule has 11 heteroatoms. The molecule has 0 unspecified atom stereocenters. The molecular weight excluding hydrogens is 572 g/mol. The van der Waals surface area contributed by atoms with E-state index in [9.17, 15) is 14.4 Å². The lowest BCUT2D eigenvalue weighted by Gasteiger charge is -2.15. The van der Waals surface area contributed by atoms with Gasteiger partial charge in [-0.05, 0) is 18.6 Å². The van der Waals surface area contributed by atoms with Gasteiger partial charge in [0.1, 0.15) is 24.4 Å². The first-order valence-electron chi connectivity index (χ1n) is 16.0. The zero-order valence-corrected chi connectivity index (χ0v) is 26.1. The lowest BCUT2D eigenvalue weighted by atomic mass is 10.1. The second kappa shape index (κ2) is 21.7. The van der Waals surface area contributed by atoms with Crippen LogP contribution in [0.3, 0.4) is 0 Å². The van der Waals surface area contributed by atoms with Gasteiger partial charge in [-0.15, -0.1) is 0 Å². The van der Waals surface area contributed by atoms with Crippen molar-refractivity contribution in [2.24, 2.45) is 0 Å². The third-order valence-electron chi connectivity index (χ3n) is 7.03. The second-order valence-corrected chi connectivity index (χ2v) is 10.6. The van der Waals surface area contributed by atoms with Gasteiger partial charge in [0.15, 0.2) is 18.1 Å². The molecule has 2 aromatic rings. The maximum Gasteiger partial charge on any atom is 0.347 e. The zero-order chi connectivity index (χ0) is 31.2. The Kier molecular flexibility index (Phi) is 17.5. The molecular formula is C33H48O11. The highest BCUT2D eigenvalue weighted by molar-refractivity contribution is 6.00. The smallest absolute Gasteiger partial charge is 0.347 e. The van der Waals surface area contributed by atoms with Crippen molar-refractivity contribution >= 4 is 22.7 Å². The second-order valence-electron chi connectivity index (χ2n) is 10.6. The Labute approximate surface area is 259 Å². The molecule has 0 bridgehead atoms. The first-order valence-corrected chi connectivity index (χ1v) is 16.0. The van der Waals surface area contributed by atoms with Gasteiger partial charge in [0.05, 0.1) is 52.9 Å². The molecule has 0 fully saturated rings. The Balaban J connectivity index is 1.54. The summed E-state index contributed by atoms with van der Waals surface area (Å²) in [5, 5.41) is 0.459. The van der Waals surface area contributed by atoms with Crippen LogP contribution < -0.4 is 15.1 Å². The average Bonchev–Trinajstić information content (AvgIpc) is 3.02. The highest BCUT2D eigenvalue weighted by Gasteiger charge is 2.18. The molecule has 0 amide bonds. The number of carbonyl (C=O) groups is 2. The van der Waals surface area contributed by atoms with E-state index in [2.05, 4.69) is 6.92 Å². The van der Waals surface area contributed by atoms with Crippen LogP contribution in [0, 0.1) is 0 Å². The van der Waals surface area contributed by atoms with Crippen molar-refractivity contribution in [1.82, 2.24) is 0 Å². The largest absolute Gasteiger partial charge is 0.487 e. The van der Waals surface area contributed by atoms with E-state index in [-0.39, 0.29) is 30.8 Å². The SMILES string of the molecule is CCCCCCCCCCCC(=O)OCC(=O)c1cc2cc3c(cc2oc1=O)OCCOCCOCCOCCOCCO3. The third-order valence-corrected chi connectivity index (χ3v) is 7.03. The zero-order valence-electron chi connectivity index (χ0n) is 26.1. The predicted molar refractivity (Wildman–Crippen MR) is 164 cm³/mol. The van der Waals surface area contributed by atoms with Gasteiger partial charge in [0, 0.05) is 17.9 Å². The Bertz CT molecular complexity index is 1180. The van der Waals surface area contributed by atoms with Crippen LogP contribution in [0.1, 0.15) is 81.5 Å². The number of fused-ring (bicyclic) bond motifs is 2. The molecule has 0 saturated heterocycles. The van der Waals surface area contributed by atoms with Gasteiger partial charge < -0.3 is 37.6 Å². The van der Waals surface area contributed by atoms with E-state index >= 15 is 0 Å².